The first kappa shape index (κ1) is 11.0. The number of pyridine rings is 1. The summed E-state index contributed by atoms with van der Waals surface area (Å²) in [4.78, 5) is 3.34. The van der Waals surface area contributed by atoms with E-state index in [2.05, 4.69) is 10.3 Å². The molecule has 0 radical (unpaired) electrons. The number of rotatable bonds is 3. The summed E-state index contributed by atoms with van der Waals surface area (Å²) in [6.07, 6.45) is -1.45. The van der Waals surface area contributed by atoms with E-state index in [9.17, 15) is 13.2 Å². The van der Waals surface area contributed by atoms with Crippen LogP contribution in [0.5, 0.6) is 5.75 Å². The number of aromatic nitrogens is 1. The maximum atomic E-state index is 12.4. The van der Waals surface area contributed by atoms with Crippen LogP contribution in [-0.2, 0) is 6.18 Å². The van der Waals surface area contributed by atoms with E-state index in [0.29, 0.717) is 5.69 Å². The lowest BCUT2D eigenvalue weighted by Crippen LogP contribution is -2.10. The largest absolute Gasteiger partial charge is 0.488 e. The molecule has 1 N–H and O–H groups in total. The zero-order chi connectivity index (χ0) is 11.8. The molecule has 1 aliphatic carbocycles. The van der Waals surface area contributed by atoms with Gasteiger partial charge in [0.1, 0.15) is 11.4 Å². The van der Waals surface area contributed by atoms with E-state index in [1.165, 1.54) is 0 Å². The van der Waals surface area contributed by atoms with E-state index in [0.717, 1.165) is 25.1 Å². The Bertz CT molecular complexity index is 388. The number of anilines is 1. The fourth-order valence-corrected chi connectivity index (χ4v) is 1.24. The van der Waals surface area contributed by atoms with Crippen molar-refractivity contribution in [1.82, 2.24) is 4.98 Å². The Morgan fingerprint density at radius 1 is 1.44 bits per heavy atom. The third-order valence-electron chi connectivity index (χ3n) is 2.24. The predicted octanol–water partition coefficient (Wildman–Crippen LogP) is 2.68. The van der Waals surface area contributed by atoms with Gasteiger partial charge in [-0.1, -0.05) is 0 Å². The fourth-order valence-electron chi connectivity index (χ4n) is 1.24. The second-order valence-electron chi connectivity index (χ2n) is 3.63. The van der Waals surface area contributed by atoms with E-state index in [1.807, 2.05) is 0 Å². The first-order chi connectivity index (χ1) is 7.50. The van der Waals surface area contributed by atoms with Crippen molar-refractivity contribution >= 4 is 5.69 Å². The van der Waals surface area contributed by atoms with Crippen LogP contribution in [0.3, 0.4) is 0 Å². The Morgan fingerprint density at radius 2 is 2.12 bits per heavy atom. The zero-order valence-electron chi connectivity index (χ0n) is 8.64. The molecule has 0 spiro atoms. The molecule has 2 rings (SSSR count). The van der Waals surface area contributed by atoms with Gasteiger partial charge in [-0.15, -0.1) is 0 Å². The average Bonchev–Trinajstić information content (AvgIpc) is 3.00. The van der Waals surface area contributed by atoms with Crippen LogP contribution in [0.15, 0.2) is 12.3 Å². The lowest BCUT2D eigenvalue weighted by atomic mass is 10.3. The first-order valence-electron chi connectivity index (χ1n) is 4.92. The molecule has 0 atom stereocenters. The highest BCUT2D eigenvalue weighted by Gasteiger charge is 2.34. The predicted molar refractivity (Wildman–Crippen MR) is 52.4 cm³/mol. The van der Waals surface area contributed by atoms with E-state index in [4.69, 9.17) is 4.74 Å². The number of ether oxygens (including phenoxy) is 1. The molecule has 1 aromatic rings. The van der Waals surface area contributed by atoms with Crippen molar-refractivity contribution < 1.29 is 17.9 Å². The number of nitrogens with one attached hydrogen (secondary N) is 1. The topological polar surface area (TPSA) is 34.2 Å². The van der Waals surface area contributed by atoms with Gasteiger partial charge in [0.25, 0.3) is 0 Å². The molecule has 0 unspecified atom stereocenters. The molecular weight excluding hydrogens is 221 g/mol. The molecule has 0 bridgehead atoms. The van der Waals surface area contributed by atoms with Crippen LogP contribution in [0.2, 0.25) is 0 Å². The Balaban J connectivity index is 2.29. The number of hydrogen-bond acceptors (Lipinski definition) is 3. The molecule has 0 amide bonds. The highest BCUT2D eigenvalue weighted by molar-refractivity contribution is 5.55. The normalized spacial score (nSPS) is 16.0. The molecule has 1 aliphatic rings. The Morgan fingerprint density at radius 3 is 2.62 bits per heavy atom. The monoisotopic (exact) mass is 232 g/mol. The van der Waals surface area contributed by atoms with Gasteiger partial charge in [-0.3, -0.25) is 0 Å². The average molecular weight is 232 g/mol. The maximum Gasteiger partial charge on any atom is 0.433 e. The van der Waals surface area contributed by atoms with Crippen molar-refractivity contribution in [2.75, 3.05) is 12.4 Å². The van der Waals surface area contributed by atoms with Gasteiger partial charge in [0.15, 0.2) is 0 Å². The van der Waals surface area contributed by atoms with Gasteiger partial charge in [0.05, 0.1) is 18.0 Å². The van der Waals surface area contributed by atoms with Gasteiger partial charge in [-0.25, -0.2) is 4.98 Å². The fraction of sp³-hybridized carbons (Fsp3) is 0.500. The Kier molecular flexibility index (Phi) is 2.65. The smallest absolute Gasteiger partial charge is 0.433 e. The molecule has 16 heavy (non-hydrogen) atoms. The highest BCUT2D eigenvalue weighted by atomic mass is 19.4. The maximum absolute atomic E-state index is 12.4. The van der Waals surface area contributed by atoms with Crippen LogP contribution >= 0.6 is 0 Å². The highest BCUT2D eigenvalue weighted by Crippen LogP contribution is 2.36. The molecule has 6 heteroatoms. The molecule has 3 nitrogen and oxygen atoms in total. The third-order valence-corrected chi connectivity index (χ3v) is 2.24. The SMILES string of the molecule is CNc1cnc(C(F)(F)F)cc1OC1CC1. The van der Waals surface area contributed by atoms with Crippen LogP contribution in [0.1, 0.15) is 18.5 Å². The van der Waals surface area contributed by atoms with Gasteiger partial charge in [0, 0.05) is 13.1 Å². The van der Waals surface area contributed by atoms with Gasteiger partial charge in [0.2, 0.25) is 0 Å². The van der Waals surface area contributed by atoms with Crippen molar-refractivity contribution in [3.63, 3.8) is 0 Å². The Hall–Kier alpha value is -1.46. The van der Waals surface area contributed by atoms with Gasteiger partial charge in [-0.2, -0.15) is 13.2 Å². The van der Waals surface area contributed by atoms with Crippen molar-refractivity contribution in [3.05, 3.63) is 18.0 Å². The van der Waals surface area contributed by atoms with Crippen molar-refractivity contribution in [1.29, 1.82) is 0 Å². The summed E-state index contributed by atoms with van der Waals surface area (Å²) >= 11 is 0. The lowest BCUT2D eigenvalue weighted by molar-refractivity contribution is -0.141. The van der Waals surface area contributed by atoms with Crippen LogP contribution < -0.4 is 10.1 Å². The van der Waals surface area contributed by atoms with Crippen molar-refractivity contribution in [3.8, 4) is 5.75 Å². The number of hydrogen-bond donors (Lipinski definition) is 1. The molecule has 1 aromatic heterocycles. The summed E-state index contributed by atoms with van der Waals surface area (Å²) in [7, 11) is 1.62. The zero-order valence-corrected chi connectivity index (χ0v) is 8.64. The van der Waals surface area contributed by atoms with Crippen LogP contribution in [-0.4, -0.2) is 18.1 Å². The van der Waals surface area contributed by atoms with E-state index >= 15 is 0 Å². The summed E-state index contributed by atoms with van der Waals surface area (Å²) < 4.78 is 42.6. The molecular formula is C10H11F3N2O. The van der Waals surface area contributed by atoms with Gasteiger partial charge in [-0.05, 0) is 12.8 Å². The van der Waals surface area contributed by atoms with Gasteiger partial charge < -0.3 is 10.1 Å². The van der Waals surface area contributed by atoms with Crippen LogP contribution in [0.4, 0.5) is 18.9 Å². The van der Waals surface area contributed by atoms with Crippen LogP contribution in [0.25, 0.3) is 0 Å². The first-order valence-corrected chi connectivity index (χ1v) is 4.92. The quantitative estimate of drug-likeness (QED) is 0.869. The minimum absolute atomic E-state index is 0.0515. The van der Waals surface area contributed by atoms with E-state index in [1.54, 1.807) is 7.05 Å². The summed E-state index contributed by atoms with van der Waals surface area (Å²) in [6, 6.07) is 0.935. The summed E-state index contributed by atoms with van der Waals surface area (Å²) in [5.74, 6) is 0.215. The number of alkyl halides is 3. The minimum atomic E-state index is -4.44. The lowest BCUT2D eigenvalue weighted by Gasteiger charge is -2.12. The molecule has 1 saturated carbocycles. The Labute approximate surface area is 90.6 Å². The molecule has 88 valence electrons. The number of nitrogens with zero attached hydrogens (tertiary/aromatic N) is 1. The summed E-state index contributed by atoms with van der Waals surface area (Å²) in [5, 5.41) is 2.75. The molecule has 1 fully saturated rings. The second-order valence-corrected chi connectivity index (χ2v) is 3.63. The molecule has 0 aliphatic heterocycles. The van der Waals surface area contributed by atoms with Gasteiger partial charge >= 0.3 is 6.18 Å². The van der Waals surface area contributed by atoms with Crippen molar-refractivity contribution in [2.45, 2.75) is 25.1 Å². The van der Waals surface area contributed by atoms with Crippen LogP contribution in [0, 0.1) is 0 Å². The second kappa shape index (κ2) is 3.84. The summed E-state index contributed by atoms with van der Waals surface area (Å²) in [5.41, 5.74) is -0.456. The van der Waals surface area contributed by atoms with Crippen molar-refractivity contribution in [2.24, 2.45) is 0 Å². The van der Waals surface area contributed by atoms with E-state index in [-0.39, 0.29) is 11.9 Å². The molecule has 0 saturated heterocycles. The molecule has 0 aromatic carbocycles. The minimum Gasteiger partial charge on any atom is -0.488 e. The van der Waals surface area contributed by atoms with E-state index < -0.39 is 11.9 Å². The standard InChI is InChI=1S/C10H11F3N2O/c1-14-7-5-15-9(10(11,12)13)4-8(7)16-6-2-3-6/h4-6,14H,2-3H2,1H3. The summed E-state index contributed by atoms with van der Waals surface area (Å²) in [6.45, 7) is 0. The molecule has 1 heterocycles. The third kappa shape index (κ3) is 2.37. The number of halogens is 3.